The van der Waals surface area contributed by atoms with Crippen LogP contribution < -0.4 is 14.9 Å². The van der Waals surface area contributed by atoms with Crippen LogP contribution in [0.5, 0.6) is 0 Å². The summed E-state index contributed by atoms with van der Waals surface area (Å²) in [5, 5.41) is 2.81. The molecule has 3 aromatic carbocycles. The third-order valence-corrected chi connectivity index (χ3v) is 6.81. The van der Waals surface area contributed by atoms with Gasteiger partial charge in [-0.3, -0.25) is 0 Å². The summed E-state index contributed by atoms with van der Waals surface area (Å²) in [4.78, 5) is 0. The van der Waals surface area contributed by atoms with E-state index < -0.39 is 8.96 Å². The van der Waals surface area contributed by atoms with Crippen LogP contribution in [-0.4, -0.2) is 8.96 Å². The number of hydrogen-bond donors (Lipinski definition) is 0. The molecule has 1 heterocycles. The van der Waals surface area contributed by atoms with Crippen LogP contribution in [0.2, 0.25) is 0 Å². The van der Waals surface area contributed by atoms with Crippen molar-refractivity contribution in [2.45, 2.75) is 6.42 Å². The summed E-state index contributed by atoms with van der Waals surface area (Å²) in [5.74, 6) is 0. The van der Waals surface area contributed by atoms with Crippen molar-refractivity contribution < 1.29 is 0 Å². The van der Waals surface area contributed by atoms with Gasteiger partial charge in [-0.1, -0.05) is 84.9 Å². The second kappa shape index (κ2) is 6.27. The van der Waals surface area contributed by atoms with E-state index >= 15 is 0 Å². The molecule has 0 saturated carbocycles. The predicted molar refractivity (Wildman–Crippen MR) is 99.7 cm³/mol. The van der Waals surface area contributed by atoms with E-state index in [0.717, 1.165) is 6.42 Å². The second-order valence-corrected chi connectivity index (χ2v) is 8.00. The topological polar surface area (TPSA) is 3.24 Å². The Morgan fingerprint density at radius 1 is 0.652 bits per heavy atom. The fraction of sp³-hybridized carbons (Fsp3) is 0.0476. The van der Waals surface area contributed by atoms with E-state index in [4.69, 9.17) is 0 Å². The van der Waals surface area contributed by atoms with Gasteiger partial charge in [0, 0.05) is 5.69 Å². The molecule has 3 aromatic rings. The van der Waals surface area contributed by atoms with Crippen molar-refractivity contribution in [3.05, 3.63) is 103 Å². The highest BCUT2D eigenvalue weighted by Gasteiger charge is 2.27. The lowest BCUT2D eigenvalue weighted by Gasteiger charge is -2.33. The van der Waals surface area contributed by atoms with E-state index in [9.17, 15) is 0 Å². The molecule has 0 fully saturated rings. The molecule has 0 atom stereocenters. The van der Waals surface area contributed by atoms with Crippen LogP contribution in [0, 0.1) is 0 Å². The fourth-order valence-electron chi connectivity index (χ4n) is 3.12. The zero-order chi connectivity index (χ0) is 15.5. The molecule has 0 aliphatic carbocycles. The third kappa shape index (κ3) is 2.73. The van der Waals surface area contributed by atoms with Crippen LogP contribution in [0.1, 0.15) is 5.56 Å². The van der Waals surface area contributed by atoms with Gasteiger partial charge < -0.3 is 4.57 Å². The normalized spacial score (nSPS) is 13.2. The van der Waals surface area contributed by atoms with Crippen LogP contribution in [0.3, 0.4) is 0 Å². The summed E-state index contributed by atoms with van der Waals surface area (Å²) in [6.07, 6.45) is 5.57. The van der Waals surface area contributed by atoms with Gasteiger partial charge in [0.2, 0.25) is 8.96 Å². The first-order valence-corrected chi connectivity index (χ1v) is 9.40. The largest absolute Gasteiger partial charge is 0.366 e. The van der Waals surface area contributed by atoms with Gasteiger partial charge in [-0.15, -0.1) is 0 Å². The maximum Gasteiger partial charge on any atom is 0.246 e. The van der Waals surface area contributed by atoms with Gasteiger partial charge in [0.05, 0.1) is 0 Å². The quantitative estimate of drug-likeness (QED) is 0.670. The maximum absolute atomic E-state index is 2.49. The van der Waals surface area contributed by atoms with Gasteiger partial charge in [-0.2, -0.15) is 0 Å². The zero-order valence-corrected chi connectivity index (χ0v) is 13.9. The summed E-state index contributed by atoms with van der Waals surface area (Å²) < 4.78 is 2.49. The van der Waals surface area contributed by atoms with Crippen LogP contribution in [0.25, 0.3) is 0 Å². The Bertz CT molecular complexity index is 772. The predicted octanol–water partition coefficient (Wildman–Crippen LogP) is 3.37. The highest BCUT2D eigenvalue weighted by molar-refractivity contribution is 6.88. The number of para-hydroxylation sites is 1. The Balaban J connectivity index is 1.86. The van der Waals surface area contributed by atoms with Gasteiger partial charge in [-0.05, 0) is 34.6 Å². The van der Waals surface area contributed by atoms with Crippen LogP contribution in [0.15, 0.2) is 97.2 Å². The van der Waals surface area contributed by atoms with E-state index in [0.29, 0.717) is 0 Å². The average Bonchev–Trinajstić information content (AvgIpc) is 2.64. The lowest BCUT2D eigenvalue weighted by molar-refractivity contribution is 1.17. The van der Waals surface area contributed by atoms with Gasteiger partial charge in [0.25, 0.3) is 0 Å². The summed E-state index contributed by atoms with van der Waals surface area (Å²) in [5.41, 5.74) is 2.75. The first kappa shape index (κ1) is 14.0. The van der Waals surface area contributed by atoms with Crippen LogP contribution in [0.4, 0.5) is 5.69 Å². The Morgan fingerprint density at radius 2 is 1.22 bits per heavy atom. The number of anilines is 1. The highest BCUT2D eigenvalue weighted by atomic mass is 28.3. The minimum atomic E-state index is -1.07. The van der Waals surface area contributed by atoms with Gasteiger partial charge in [-0.25, -0.2) is 0 Å². The third-order valence-electron chi connectivity index (χ3n) is 4.18. The molecule has 2 heteroatoms. The lowest BCUT2D eigenvalue weighted by Crippen LogP contribution is -2.55. The Morgan fingerprint density at radius 3 is 1.87 bits per heavy atom. The molecule has 23 heavy (non-hydrogen) atoms. The maximum atomic E-state index is 2.49. The number of hydrogen-bond acceptors (Lipinski definition) is 1. The average molecular weight is 312 g/mol. The summed E-state index contributed by atoms with van der Waals surface area (Å²) >= 11 is 0. The first-order chi connectivity index (χ1) is 11.4. The van der Waals surface area contributed by atoms with Crippen LogP contribution >= 0.6 is 0 Å². The SMILES string of the molecule is C1=CN([Si](c2ccccc2)c2ccccc2)c2ccccc2C1. The molecule has 1 radical (unpaired) electrons. The Labute approximate surface area is 139 Å². The molecule has 0 aromatic heterocycles. The minimum Gasteiger partial charge on any atom is -0.366 e. The molecule has 0 bridgehead atoms. The number of allylic oxidation sites excluding steroid dienone is 1. The Kier molecular flexibility index (Phi) is 3.83. The molecule has 111 valence electrons. The Hall–Kier alpha value is -2.58. The number of rotatable bonds is 3. The molecule has 1 nitrogen and oxygen atoms in total. The molecular formula is C21H18NSi. The van der Waals surface area contributed by atoms with E-state index in [1.165, 1.54) is 21.6 Å². The zero-order valence-electron chi connectivity index (χ0n) is 12.9. The molecule has 0 N–H and O–H groups in total. The molecule has 0 spiro atoms. The monoisotopic (exact) mass is 312 g/mol. The number of fused-ring (bicyclic) bond motifs is 1. The van der Waals surface area contributed by atoms with Crippen molar-refractivity contribution in [3.8, 4) is 0 Å². The van der Waals surface area contributed by atoms with Crippen molar-refractivity contribution >= 4 is 25.0 Å². The van der Waals surface area contributed by atoms with E-state index in [1.807, 2.05) is 0 Å². The van der Waals surface area contributed by atoms with Crippen molar-refractivity contribution in [3.63, 3.8) is 0 Å². The van der Waals surface area contributed by atoms with Gasteiger partial charge in [0.15, 0.2) is 0 Å². The van der Waals surface area contributed by atoms with Crippen molar-refractivity contribution in [2.24, 2.45) is 0 Å². The number of nitrogens with zero attached hydrogens (tertiary/aromatic N) is 1. The van der Waals surface area contributed by atoms with Gasteiger partial charge >= 0.3 is 0 Å². The first-order valence-electron chi connectivity index (χ1n) is 7.95. The van der Waals surface area contributed by atoms with Crippen molar-refractivity contribution in [1.29, 1.82) is 0 Å². The molecule has 1 aliphatic rings. The summed E-state index contributed by atoms with van der Waals surface area (Å²) in [6.45, 7) is 0. The lowest BCUT2D eigenvalue weighted by atomic mass is 10.1. The smallest absolute Gasteiger partial charge is 0.246 e. The fourth-order valence-corrected chi connectivity index (χ4v) is 5.74. The van der Waals surface area contributed by atoms with E-state index in [-0.39, 0.29) is 0 Å². The molecule has 1 aliphatic heterocycles. The molecule has 4 rings (SSSR count). The van der Waals surface area contributed by atoms with E-state index in [1.54, 1.807) is 0 Å². The summed E-state index contributed by atoms with van der Waals surface area (Å²) in [7, 11) is -1.07. The second-order valence-electron chi connectivity index (χ2n) is 5.67. The number of benzene rings is 3. The van der Waals surface area contributed by atoms with Crippen LogP contribution in [-0.2, 0) is 6.42 Å². The molecule has 0 amide bonds. The molecule has 0 unspecified atom stereocenters. The highest BCUT2D eigenvalue weighted by Crippen LogP contribution is 2.26. The molecular weight excluding hydrogens is 294 g/mol. The minimum absolute atomic E-state index is 1.02. The summed E-state index contributed by atoms with van der Waals surface area (Å²) in [6, 6.07) is 30.5. The van der Waals surface area contributed by atoms with Crippen molar-refractivity contribution in [2.75, 3.05) is 4.57 Å². The molecule has 0 saturated heterocycles. The van der Waals surface area contributed by atoms with Crippen molar-refractivity contribution in [1.82, 2.24) is 0 Å². The van der Waals surface area contributed by atoms with E-state index in [2.05, 4.69) is 102 Å². The standard InChI is InChI=1S/C21H18NSi/c1-3-12-19(13-4-1)23(20-14-5-2-6-15-20)22-17-9-11-18-10-7-8-16-21(18)22/h1-10,12-17H,11H2. The van der Waals surface area contributed by atoms with Gasteiger partial charge in [0.1, 0.15) is 0 Å².